The van der Waals surface area contributed by atoms with E-state index < -0.39 is 6.10 Å². The number of hydrogen-bond acceptors (Lipinski definition) is 1. The van der Waals surface area contributed by atoms with Crippen LogP contribution in [0.1, 0.15) is 24.8 Å². The molecule has 1 aliphatic rings. The normalized spacial score (nSPS) is 21.5. The van der Waals surface area contributed by atoms with Crippen LogP contribution in [0.2, 0.25) is 0 Å². The van der Waals surface area contributed by atoms with Crippen LogP contribution in [0.15, 0.2) is 34.8 Å². The summed E-state index contributed by atoms with van der Waals surface area (Å²) < 4.78 is 14.4. The average Bonchev–Trinajstić information content (AvgIpc) is 2.35. The second-order valence-corrected chi connectivity index (χ2v) is 5.47. The Balaban J connectivity index is 2.04. The van der Waals surface area contributed by atoms with E-state index in [0.717, 1.165) is 23.7 Å². The van der Waals surface area contributed by atoms with E-state index in [1.807, 2.05) is 0 Å². The number of benzene rings is 1. The number of allylic oxidation sites excluding steroid dienone is 2. The van der Waals surface area contributed by atoms with Gasteiger partial charge in [-0.2, -0.15) is 0 Å². The zero-order chi connectivity index (χ0) is 12.3. The molecule has 0 aliphatic heterocycles. The van der Waals surface area contributed by atoms with Crippen LogP contribution in [-0.2, 0) is 6.42 Å². The molecule has 2 unspecified atom stereocenters. The Morgan fingerprint density at radius 3 is 2.94 bits per heavy atom. The van der Waals surface area contributed by atoms with Crippen LogP contribution >= 0.6 is 15.9 Å². The smallest absolute Gasteiger partial charge is 0.126 e. The summed E-state index contributed by atoms with van der Waals surface area (Å²) in [6.45, 7) is 0. The Morgan fingerprint density at radius 1 is 1.41 bits per heavy atom. The van der Waals surface area contributed by atoms with Gasteiger partial charge in [-0.15, -0.1) is 0 Å². The first-order valence-corrected chi connectivity index (χ1v) is 6.73. The Labute approximate surface area is 109 Å². The van der Waals surface area contributed by atoms with Gasteiger partial charge in [-0.05, 0) is 48.9 Å². The molecule has 0 saturated heterocycles. The predicted molar refractivity (Wildman–Crippen MR) is 70.3 cm³/mol. The second kappa shape index (κ2) is 5.78. The fourth-order valence-corrected chi connectivity index (χ4v) is 2.67. The minimum absolute atomic E-state index is 0.237. The van der Waals surface area contributed by atoms with Crippen molar-refractivity contribution in [2.75, 3.05) is 0 Å². The summed E-state index contributed by atoms with van der Waals surface area (Å²) in [6, 6.07) is 4.86. The molecule has 0 heterocycles. The van der Waals surface area contributed by atoms with E-state index in [-0.39, 0.29) is 11.7 Å². The molecule has 0 bridgehead atoms. The topological polar surface area (TPSA) is 20.2 Å². The van der Waals surface area contributed by atoms with Crippen molar-refractivity contribution in [2.45, 2.75) is 31.8 Å². The number of aliphatic hydroxyl groups is 1. The Hall–Kier alpha value is -0.670. The molecule has 17 heavy (non-hydrogen) atoms. The average molecular weight is 299 g/mol. The lowest BCUT2D eigenvalue weighted by atomic mass is 9.86. The van der Waals surface area contributed by atoms with Gasteiger partial charge in [-0.25, -0.2) is 4.39 Å². The third kappa shape index (κ3) is 3.39. The van der Waals surface area contributed by atoms with E-state index in [9.17, 15) is 9.50 Å². The van der Waals surface area contributed by atoms with E-state index >= 15 is 0 Å². The van der Waals surface area contributed by atoms with Crippen molar-refractivity contribution in [1.82, 2.24) is 0 Å². The van der Waals surface area contributed by atoms with Crippen LogP contribution in [0.5, 0.6) is 0 Å². The maximum Gasteiger partial charge on any atom is 0.126 e. The first kappa shape index (κ1) is 12.8. The maximum atomic E-state index is 13.6. The number of hydrogen-bond donors (Lipinski definition) is 1. The quantitative estimate of drug-likeness (QED) is 0.841. The monoisotopic (exact) mass is 298 g/mol. The third-order valence-electron chi connectivity index (χ3n) is 3.29. The minimum atomic E-state index is -0.455. The fourth-order valence-electron chi connectivity index (χ4n) is 2.26. The van der Waals surface area contributed by atoms with Gasteiger partial charge < -0.3 is 5.11 Å². The lowest BCUT2D eigenvalue weighted by Gasteiger charge is -2.24. The number of aliphatic hydroxyl groups excluding tert-OH is 1. The first-order valence-electron chi connectivity index (χ1n) is 5.94. The molecule has 0 saturated carbocycles. The molecular weight excluding hydrogens is 283 g/mol. The summed E-state index contributed by atoms with van der Waals surface area (Å²) in [7, 11) is 0. The molecule has 1 aromatic rings. The molecule has 0 spiro atoms. The molecule has 2 rings (SSSR count). The van der Waals surface area contributed by atoms with Gasteiger partial charge in [0.2, 0.25) is 0 Å². The highest BCUT2D eigenvalue weighted by molar-refractivity contribution is 9.10. The highest BCUT2D eigenvalue weighted by Gasteiger charge is 2.20. The number of rotatable bonds is 3. The molecule has 0 aromatic heterocycles. The highest BCUT2D eigenvalue weighted by atomic mass is 79.9. The third-order valence-corrected chi connectivity index (χ3v) is 3.78. The maximum absolute atomic E-state index is 13.6. The largest absolute Gasteiger partial charge is 0.392 e. The SMILES string of the molecule is OC(Cc1cc(Br)ccc1F)C1CC=CCC1. The highest BCUT2D eigenvalue weighted by Crippen LogP contribution is 2.25. The molecule has 2 atom stereocenters. The van der Waals surface area contributed by atoms with Crippen molar-refractivity contribution in [3.05, 3.63) is 46.2 Å². The van der Waals surface area contributed by atoms with E-state index in [0.29, 0.717) is 12.0 Å². The molecule has 0 radical (unpaired) electrons. The Bertz CT molecular complexity index is 417. The molecular formula is C14H16BrFO. The van der Waals surface area contributed by atoms with E-state index in [1.165, 1.54) is 6.07 Å². The van der Waals surface area contributed by atoms with Crippen molar-refractivity contribution in [2.24, 2.45) is 5.92 Å². The minimum Gasteiger partial charge on any atom is -0.392 e. The Kier molecular flexibility index (Phi) is 4.35. The van der Waals surface area contributed by atoms with Crippen LogP contribution in [-0.4, -0.2) is 11.2 Å². The predicted octanol–water partition coefficient (Wildman–Crippen LogP) is 3.85. The lowest BCUT2D eigenvalue weighted by molar-refractivity contribution is 0.101. The zero-order valence-electron chi connectivity index (χ0n) is 9.57. The van der Waals surface area contributed by atoms with Gasteiger partial charge in [0.15, 0.2) is 0 Å². The van der Waals surface area contributed by atoms with E-state index in [4.69, 9.17) is 0 Å². The van der Waals surface area contributed by atoms with Crippen molar-refractivity contribution in [3.63, 3.8) is 0 Å². The van der Waals surface area contributed by atoms with Crippen molar-refractivity contribution in [1.29, 1.82) is 0 Å². The van der Waals surface area contributed by atoms with Crippen LogP contribution in [0, 0.1) is 11.7 Å². The molecule has 1 aromatic carbocycles. The fraction of sp³-hybridized carbons (Fsp3) is 0.429. The summed E-state index contributed by atoms with van der Waals surface area (Å²) in [5.74, 6) is 0.0250. The summed E-state index contributed by atoms with van der Waals surface area (Å²) in [5, 5.41) is 10.1. The zero-order valence-corrected chi connectivity index (χ0v) is 11.2. The summed E-state index contributed by atoms with van der Waals surface area (Å²) in [6.07, 6.45) is 7.09. The van der Waals surface area contributed by atoms with Gasteiger partial charge in [-0.1, -0.05) is 28.1 Å². The molecule has 0 fully saturated rings. The standard InChI is InChI=1S/C14H16BrFO/c15-12-6-7-13(16)11(8-12)9-14(17)10-4-2-1-3-5-10/h1-2,6-8,10,14,17H,3-5,9H2. The van der Waals surface area contributed by atoms with Crippen LogP contribution in [0.25, 0.3) is 0 Å². The molecule has 3 heteroatoms. The molecule has 0 amide bonds. The Morgan fingerprint density at radius 2 is 2.24 bits per heavy atom. The lowest BCUT2D eigenvalue weighted by Crippen LogP contribution is -2.24. The van der Waals surface area contributed by atoms with Crippen LogP contribution < -0.4 is 0 Å². The van der Waals surface area contributed by atoms with Crippen LogP contribution in [0.4, 0.5) is 4.39 Å². The molecule has 92 valence electrons. The van der Waals surface area contributed by atoms with E-state index in [1.54, 1.807) is 12.1 Å². The first-order chi connectivity index (χ1) is 8.16. The van der Waals surface area contributed by atoms with E-state index in [2.05, 4.69) is 28.1 Å². The van der Waals surface area contributed by atoms with Crippen molar-refractivity contribution in [3.8, 4) is 0 Å². The molecule has 1 N–H and O–H groups in total. The van der Waals surface area contributed by atoms with Gasteiger partial charge in [-0.3, -0.25) is 0 Å². The summed E-state index contributed by atoms with van der Waals surface area (Å²) in [4.78, 5) is 0. The van der Waals surface area contributed by atoms with Gasteiger partial charge in [0.25, 0.3) is 0 Å². The molecule has 1 nitrogen and oxygen atoms in total. The molecule has 1 aliphatic carbocycles. The van der Waals surface area contributed by atoms with Crippen LogP contribution in [0.3, 0.4) is 0 Å². The van der Waals surface area contributed by atoms with Gasteiger partial charge in [0.05, 0.1) is 6.10 Å². The number of halogens is 2. The van der Waals surface area contributed by atoms with Gasteiger partial charge in [0, 0.05) is 10.9 Å². The van der Waals surface area contributed by atoms with Crippen molar-refractivity contribution < 1.29 is 9.50 Å². The van der Waals surface area contributed by atoms with Gasteiger partial charge in [0.1, 0.15) is 5.82 Å². The summed E-state index contributed by atoms with van der Waals surface area (Å²) >= 11 is 3.32. The summed E-state index contributed by atoms with van der Waals surface area (Å²) in [5.41, 5.74) is 0.585. The van der Waals surface area contributed by atoms with Gasteiger partial charge >= 0.3 is 0 Å². The van der Waals surface area contributed by atoms with Crippen molar-refractivity contribution >= 4 is 15.9 Å². The second-order valence-electron chi connectivity index (χ2n) is 4.55.